The highest BCUT2D eigenvalue weighted by molar-refractivity contribution is 7.09. The van der Waals surface area contributed by atoms with E-state index in [-0.39, 0.29) is 11.9 Å². The van der Waals surface area contributed by atoms with Gasteiger partial charge in [-0.05, 0) is 19.3 Å². The van der Waals surface area contributed by atoms with Crippen LogP contribution in [0.3, 0.4) is 0 Å². The molecule has 0 radical (unpaired) electrons. The van der Waals surface area contributed by atoms with Gasteiger partial charge in [-0.1, -0.05) is 0 Å². The number of hydrogen-bond acceptors (Lipinski definition) is 3. The van der Waals surface area contributed by atoms with Crippen LogP contribution in [0.5, 0.6) is 0 Å². The smallest absolute Gasteiger partial charge is 0.248 e. The molecule has 0 aliphatic rings. The monoisotopic (exact) mass is 226 g/mol. The molecule has 6 heteroatoms. The fourth-order valence-corrected chi connectivity index (χ4v) is 1.79. The summed E-state index contributed by atoms with van der Waals surface area (Å²) in [5.41, 5.74) is 10.1. The van der Waals surface area contributed by atoms with Crippen molar-refractivity contribution in [3.05, 3.63) is 16.6 Å². The molecule has 0 aromatic carbocycles. The summed E-state index contributed by atoms with van der Waals surface area (Å²) in [6.07, 6.45) is 4.80. The summed E-state index contributed by atoms with van der Waals surface area (Å²) >= 11 is 1.63. The van der Waals surface area contributed by atoms with E-state index in [0.29, 0.717) is 6.42 Å². The number of rotatable bonds is 5. The maximum atomic E-state index is 11.1. The third-order valence-corrected chi connectivity index (χ3v) is 2.61. The minimum absolute atomic E-state index is 0.167. The summed E-state index contributed by atoms with van der Waals surface area (Å²) in [7, 11) is 0. The van der Waals surface area contributed by atoms with Crippen LogP contribution in [0, 0.1) is 0 Å². The van der Waals surface area contributed by atoms with E-state index in [0.717, 1.165) is 24.3 Å². The van der Waals surface area contributed by atoms with Crippen LogP contribution in [-0.4, -0.2) is 16.9 Å². The Kier molecular flexibility index (Phi) is 4.76. The first-order valence-electron chi connectivity index (χ1n) is 4.69. The predicted molar refractivity (Wildman–Crippen MR) is 60.5 cm³/mol. The molecule has 1 rings (SSSR count). The van der Waals surface area contributed by atoms with E-state index in [1.165, 1.54) is 0 Å². The molecule has 0 aliphatic carbocycles. The summed E-state index contributed by atoms with van der Waals surface area (Å²) in [6, 6.07) is 0. The number of unbranched alkanes of at least 4 members (excludes halogenated alkanes) is 1. The van der Waals surface area contributed by atoms with Gasteiger partial charge in [0.15, 0.2) is 5.96 Å². The van der Waals surface area contributed by atoms with E-state index in [1.54, 1.807) is 17.5 Å². The highest BCUT2D eigenvalue weighted by Crippen LogP contribution is 2.09. The van der Waals surface area contributed by atoms with Gasteiger partial charge in [-0.2, -0.15) is 4.99 Å². The van der Waals surface area contributed by atoms with E-state index < -0.39 is 0 Å². The Morgan fingerprint density at radius 2 is 2.27 bits per heavy atom. The number of guanidine groups is 1. The van der Waals surface area contributed by atoms with Crippen LogP contribution in [0.4, 0.5) is 0 Å². The molecule has 1 amide bonds. The topological polar surface area (TPSA) is 94.4 Å². The number of aliphatic imine (C=N–C) groups is 1. The van der Waals surface area contributed by atoms with E-state index >= 15 is 0 Å². The second-order valence-electron chi connectivity index (χ2n) is 3.06. The van der Waals surface area contributed by atoms with E-state index in [9.17, 15) is 4.79 Å². The third-order valence-electron chi connectivity index (χ3n) is 1.77. The minimum atomic E-state index is -0.255. The van der Waals surface area contributed by atoms with Crippen molar-refractivity contribution >= 4 is 23.2 Å². The highest BCUT2D eigenvalue weighted by atomic mass is 32.1. The zero-order chi connectivity index (χ0) is 11.1. The van der Waals surface area contributed by atoms with Crippen molar-refractivity contribution in [2.45, 2.75) is 25.7 Å². The quantitative estimate of drug-likeness (QED) is 0.438. The van der Waals surface area contributed by atoms with Gasteiger partial charge in [0, 0.05) is 18.0 Å². The summed E-state index contributed by atoms with van der Waals surface area (Å²) in [5, 5.41) is 3.05. The number of amides is 1. The van der Waals surface area contributed by atoms with Gasteiger partial charge in [0.2, 0.25) is 5.91 Å². The van der Waals surface area contributed by atoms with Crippen molar-refractivity contribution in [1.82, 2.24) is 4.98 Å². The van der Waals surface area contributed by atoms with Crippen LogP contribution in [0.2, 0.25) is 0 Å². The standard InChI is InChI=1S/C9H14N4OS/c10-9(11)13-7(14)3-1-2-4-8-12-5-6-15-8/h5-6H,1-4H2,(H4,10,11,13,14). The first-order valence-corrected chi connectivity index (χ1v) is 5.57. The minimum Gasteiger partial charge on any atom is -0.370 e. The zero-order valence-corrected chi connectivity index (χ0v) is 9.17. The van der Waals surface area contributed by atoms with Gasteiger partial charge in [-0.3, -0.25) is 4.79 Å². The van der Waals surface area contributed by atoms with E-state index in [2.05, 4.69) is 9.98 Å². The van der Waals surface area contributed by atoms with Crippen LogP contribution >= 0.6 is 11.3 Å². The molecule has 1 heterocycles. The van der Waals surface area contributed by atoms with Gasteiger partial charge in [-0.15, -0.1) is 11.3 Å². The molecule has 1 aromatic heterocycles. The van der Waals surface area contributed by atoms with Crippen molar-refractivity contribution in [3.8, 4) is 0 Å². The molecule has 0 aliphatic heterocycles. The van der Waals surface area contributed by atoms with Crippen molar-refractivity contribution in [2.75, 3.05) is 0 Å². The molecule has 1 aromatic rings. The Bertz CT molecular complexity index is 330. The second kappa shape index (κ2) is 6.13. The SMILES string of the molecule is NC(N)=NC(=O)CCCCc1nccs1. The summed E-state index contributed by atoms with van der Waals surface area (Å²) in [5.74, 6) is -0.422. The molecule has 0 atom stereocenters. The Morgan fingerprint density at radius 3 is 2.87 bits per heavy atom. The van der Waals surface area contributed by atoms with Crippen LogP contribution in [0.15, 0.2) is 16.6 Å². The Morgan fingerprint density at radius 1 is 1.47 bits per heavy atom. The lowest BCUT2D eigenvalue weighted by atomic mass is 10.2. The lowest BCUT2D eigenvalue weighted by Crippen LogP contribution is -2.24. The van der Waals surface area contributed by atoms with Gasteiger partial charge in [-0.25, -0.2) is 4.98 Å². The van der Waals surface area contributed by atoms with Gasteiger partial charge < -0.3 is 11.5 Å². The molecular formula is C9H14N4OS. The average molecular weight is 226 g/mol. The molecule has 0 saturated carbocycles. The number of thiazole rings is 1. The van der Waals surface area contributed by atoms with Gasteiger partial charge in [0.25, 0.3) is 0 Å². The molecule has 15 heavy (non-hydrogen) atoms. The lowest BCUT2D eigenvalue weighted by Gasteiger charge is -1.96. The fraction of sp³-hybridized carbons (Fsp3) is 0.444. The molecule has 5 nitrogen and oxygen atoms in total. The molecule has 0 spiro atoms. The molecule has 82 valence electrons. The number of hydrogen-bond donors (Lipinski definition) is 2. The summed E-state index contributed by atoms with van der Waals surface area (Å²) in [6.45, 7) is 0. The van der Waals surface area contributed by atoms with Crippen molar-refractivity contribution in [3.63, 3.8) is 0 Å². The number of carbonyl (C=O) groups excluding carboxylic acids is 1. The Hall–Kier alpha value is -1.43. The van der Waals surface area contributed by atoms with E-state index in [1.807, 2.05) is 5.38 Å². The normalized spacial score (nSPS) is 9.87. The highest BCUT2D eigenvalue weighted by Gasteiger charge is 2.00. The van der Waals surface area contributed by atoms with Crippen molar-refractivity contribution in [1.29, 1.82) is 0 Å². The molecule has 0 fully saturated rings. The van der Waals surface area contributed by atoms with Crippen LogP contribution in [-0.2, 0) is 11.2 Å². The van der Waals surface area contributed by atoms with Crippen LogP contribution < -0.4 is 11.5 Å². The molecular weight excluding hydrogens is 212 g/mol. The zero-order valence-electron chi connectivity index (χ0n) is 8.35. The van der Waals surface area contributed by atoms with Gasteiger partial charge >= 0.3 is 0 Å². The first kappa shape index (κ1) is 11.6. The second-order valence-corrected chi connectivity index (χ2v) is 4.04. The predicted octanol–water partition coefficient (Wildman–Crippen LogP) is 0.656. The fourth-order valence-electron chi connectivity index (χ4n) is 1.13. The number of nitrogens with two attached hydrogens (primary N) is 2. The number of nitrogens with zero attached hydrogens (tertiary/aromatic N) is 2. The number of aromatic nitrogens is 1. The first-order chi connectivity index (χ1) is 7.18. The number of aryl methyl sites for hydroxylation is 1. The molecule has 4 N–H and O–H groups in total. The lowest BCUT2D eigenvalue weighted by molar-refractivity contribution is -0.117. The largest absolute Gasteiger partial charge is 0.370 e. The van der Waals surface area contributed by atoms with Crippen molar-refractivity contribution in [2.24, 2.45) is 16.5 Å². The maximum absolute atomic E-state index is 11.1. The summed E-state index contributed by atoms with van der Waals surface area (Å²) < 4.78 is 0. The van der Waals surface area contributed by atoms with Crippen LogP contribution in [0.1, 0.15) is 24.3 Å². The number of carbonyl (C=O) groups is 1. The summed E-state index contributed by atoms with van der Waals surface area (Å²) in [4.78, 5) is 18.6. The molecule has 0 unspecified atom stereocenters. The van der Waals surface area contributed by atoms with Crippen LogP contribution in [0.25, 0.3) is 0 Å². The Balaban J connectivity index is 2.12. The van der Waals surface area contributed by atoms with Gasteiger partial charge in [0.1, 0.15) is 0 Å². The molecule has 0 bridgehead atoms. The van der Waals surface area contributed by atoms with Crippen molar-refractivity contribution < 1.29 is 4.79 Å². The third kappa shape index (κ3) is 5.11. The molecule has 0 saturated heterocycles. The van der Waals surface area contributed by atoms with Gasteiger partial charge in [0.05, 0.1) is 5.01 Å². The van der Waals surface area contributed by atoms with E-state index in [4.69, 9.17) is 11.5 Å². The average Bonchev–Trinajstić information content (AvgIpc) is 2.63. The Labute approximate surface area is 92.2 Å². The maximum Gasteiger partial charge on any atom is 0.248 e.